The monoisotopic (exact) mass is 410 g/mol. The summed E-state index contributed by atoms with van der Waals surface area (Å²) in [5.41, 5.74) is 2.20. The fourth-order valence-electron chi connectivity index (χ4n) is 4.14. The van der Waals surface area contributed by atoms with Crippen LogP contribution in [0.4, 0.5) is 0 Å². The predicted molar refractivity (Wildman–Crippen MR) is 118 cm³/mol. The van der Waals surface area contributed by atoms with E-state index in [1.54, 1.807) is 13.0 Å². The van der Waals surface area contributed by atoms with Crippen LogP contribution in [0, 0.1) is 0 Å². The van der Waals surface area contributed by atoms with E-state index in [9.17, 15) is 25.2 Å². The fourth-order valence-corrected chi connectivity index (χ4v) is 4.14. The molecule has 0 aliphatic heterocycles. The number of hydrogen-bond acceptors (Lipinski definition) is 5. The molecular formula is C25H30O5. The average molecular weight is 411 g/mol. The normalized spacial score (nSPS) is 19.1. The topological polar surface area (TPSA) is 98.0 Å². The molecule has 0 fully saturated rings. The SMILES string of the molecule is CC(C)=CCC/C(C)=C/Cc1c(O)cc2cc3c(c(O)c2c1O)C(=O)C[C@](C)(O)C3. The molecular weight excluding hydrogens is 380 g/mol. The van der Waals surface area contributed by atoms with E-state index in [2.05, 4.69) is 19.9 Å². The van der Waals surface area contributed by atoms with Gasteiger partial charge in [-0.2, -0.15) is 0 Å². The molecule has 30 heavy (non-hydrogen) atoms. The Hall–Kier alpha value is -2.79. The lowest BCUT2D eigenvalue weighted by atomic mass is 9.79. The second-order valence-electron chi connectivity index (χ2n) is 8.93. The zero-order valence-corrected chi connectivity index (χ0v) is 18.0. The van der Waals surface area contributed by atoms with Gasteiger partial charge in [0.2, 0.25) is 0 Å². The molecule has 0 saturated heterocycles. The molecule has 5 nitrogen and oxygen atoms in total. The average Bonchev–Trinajstić information content (AvgIpc) is 2.59. The second-order valence-corrected chi connectivity index (χ2v) is 8.93. The van der Waals surface area contributed by atoms with E-state index in [4.69, 9.17) is 0 Å². The van der Waals surface area contributed by atoms with E-state index in [-0.39, 0.29) is 46.8 Å². The van der Waals surface area contributed by atoms with Gasteiger partial charge < -0.3 is 20.4 Å². The summed E-state index contributed by atoms with van der Waals surface area (Å²) in [5, 5.41) is 43.1. The molecule has 0 saturated carbocycles. The lowest BCUT2D eigenvalue weighted by Crippen LogP contribution is -2.35. The van der Waals surface area contributed by atoms with Gasteiger partial charge in [0.25, 0.3) is 0 Å². The van der Waals surface area contributed by atoms with Crippen LogP contribution in [0.25, 0.3) is 10.8 Å². The Balaban J connectivity index is 2.02. The van der Waals surface area contributed by atoms with Crippen LogP contribution in [-0.2, 0) is 12.8 Å². The van der Waals surface area contributed by atoms with Gasteiger partial charge in [-0.15, -0.1) is 0 Å². The molecule has 5 heteroatoms. The van der Waals surface area contributed by atoms with Crippen LogP contribution in [0.1, 0.15) is 68.4 Å². The minimum atomic E-state index is -1.18. The number of fused-ring (bicyclic) bond motifs is 2. The van der Waals surface area contributed by atoms with Crippen molar-refractivity contribution in [2.45, 2.75) is 65.4 Å². The molecule has 0 radical (unpaired) electrons. The molecule has 1 aliphatic rings. The molecule has 160 valence electrons. The maximum atomic E-state index is 12.5. The maximum Gasteiger partial charge on any atom is 0.169 e. The van der Waals surface area contributed by atoms with Gasteiger partial charge in [0.15, 0.2) is 5.78 Å². The third-order valence-electron chi connectivity index (χ3n) is 5.67. The number of aromatic hydroxyl groups is 3. The standard InChI is InChI=1S/C25H30O5/c1-14(2)6-5-7-15(3)8-9-18-19(26)11-16-10-17-12-25(4,30)13-20(27)21(17)24(29)22(16)23(18)28/h6,8,10-11,26,28-30H,5,7,9,12-13H2,1-4H3/b15-8+/t25-/m1/s1. The van der Waals surface area contributed by atoms with Crippen LogP contribution in [0.15, 0.2) is 35.4 Å². The number of aliphatic hydroxyl groups is 1. The second kappa shape index (κ2) is 8.15. The number of allylic oxidation sites excluding steroid dienone is 4. The molecule has 1 atom stereocenters. The Bertz CT molecular complexity index is 1070. The van der Waals surface area contributed by atoms with Gasteiger partial charge in [-0.3, -0.25) is 4.79 Å². The van der Waals surface area contributed by atoms with E-state index in [1.807, 2.05) is 13.0 Å². The molecule has 0 heterocycles. The van der Waals surface area contributed by atoms with E-state index in [0.29, 0.717) is 22.9 Å². The van der Waals surface area contributed by atoms with Crippen molar-refractivity contribution in [1.82, 2.24) is 0 Å². The highest BCUT2D eigenvalue weighted by molar-refractivity contribution is 6.09. The lowest BCUT2D eigenvalue weighted by Gasteiger charge is -2.30. The van der Waals surface area contributed by atoms with Crippen molar-refractivity contribution in [2.75, 3.05) is 0 Å². The summed E-state index contributed by atoms with van der Waals surface area (Å²) in [6.07, 6.45) is 6.38. The number of carbonyl (C=O) groups is 1. The number of rotatable bonds is 5. The van der Waals surface area contributed by atoms with Gasteiger partial charge in [0, 0.05) is 18.4 Å². The van der Waals surface area contributed by atoms with Crippen LogP contribution in [0.5, 0.6) is 17.2 Å². The van der Waals surface area contributed by atoms with Crippen molar-refractivity contribution in [3.8, 4) is 17.2 Å². The third-order valence-corrected chi connectivity index (χ3v) is 5.67. The summed E-state index contributed by atoms with van der Waals surface area (Å²) >= 11 is 0. The zero-order chi connectivity index (χ0) is 22.2. The van der Waals surface area contributed by atoms with Crippen LogP contribution < -0.4 is 0 Å². The van der Waals surface area contributed by atoms with Gasteiger partial charge in [-0.25, -0.2) is 0 Å². The van der Waals surface area contributed by atoms with Crippen LogP contribution >= 0.6 is 0 Å². The van der Waals surface area contributed by atoms with Gasteiger partial charge in [0.1, 0.15) is 17.2 Å². The Labute approximate surface area is 177 Å². The summed E-state index contributed by atoms with van der Waals surface area (Å²) in [6.45, 7) is 7.70. The molecule has 0 amide bonds. The molecule has 0 unspecified atom stereocenters. The van der Waals surface area contributed by atoms with E-state index < -0.39 is 5.60 Å². The molecule has 2 aromatic carbocycles. The number of phenols is 3. The highest BCUT2D eigenvalue weighted by atomic mass is 16.3. The van der Waals surface area contributed by atoms with Gasteiger partial charge in [0.05, 0.1) is 16.6 Å². The lowest BCUT2D eigenvalue weighted by molar-refractivity contribution is 0.0409. The summed E-state index contributed by atoms with van der Waals surface area (Å²) < 4.78 is 0. The van der Waals surface area contributed by atoms with Gasteiger partial charge in [-0.05, 0) is 70.0 Å². The van der Waals surface area contributed by atoms with Crippen molar-refractivity contribution in [3.63, 3.8) is 0 Å². The van der Waals surface area contributed by atoms with Crippen molar-refractivity contribution >= 4 is 16.6 Å². The maximum absolute atomic E-state index is 12.5. The first-order valence-corrected chi connectivity index (χ1v) is 10.3. The largest absolute Gasteiger partial charge is 0.507 e. The summed E-state index contributed by atoms with van der Waals surface area (Å²) in [7, 11) is 0. The van der Waals surface area contributed by atoms with Crippen molar-refractivity contribution in [2.24, 2.45) is 0 Å². The van der Waals surface area contributed by atoms with Crippen LogP contribution in [0.3, 0.4) is 0 Å². The molecule has 0 aromatic heterocycles. The van der Waals surface area contributed by atoms with Crippen LogP contribution in [0.2, 0.25) is 0 Å². The predicted octanol–water partition coefficient (Wildman–Crippen LogP) is 5.07. The molecule has 3 rings (SSSR count). The van der Waals surface area contributed by atoms with Crippen molar-refractivity contribution in [1.29, 1.82) is 0 Å². The molecule has 0 spiro atoms. The summed E-state index contributed by atoms with van der Waals surface area (Å²) in [4.78, 5) is 12.5. The van der Waals surface area contributed by atoms with E-state index in [1.165, 1.54) is 11.6 Å². The first kappa shape index (κ1) is 21.9. The first-order valence-electron chi connectivity index (χ1n) is 10.3. The van der Waals surface area contributed by atoms with Crippen molar-refractivity contribution in [3.05, 3.63) is 52.1 Å². The van der Waals surface area contributed by atoms with Crippen molar-refractivity contribution < 1.29 is 25.2 Å². The third kappa shape index (κ3) is 4.36. The zero-order valence-electron chi connectivity index (χ0n) is 18.0. The quantitative estimate of drug-likeness (QED) is 0.516. The smallest absolute Gasteiger partial charge is 0.169 e. The fraction of sp³-hybridized carbons (Fsp3) is 0.400. The van der Waals surface area contributed by atoms with Gasteiger partial charge in [-0.1, -0.05) is 23.3 Å². The number of benzene rings is 2. The van der Waals surface area contributed by atoms with Crippen LogP contribution in [-0.4, -0.2) is 31.8 Å². The van der Waals surface area contributed by atoms with Gasteiger partial charge >= 0.3 is 0 Å². The highest BCUT2D eigenvalue weighted by Gasteiger charge is 2.36. The van der Waals surface area contributed by atoms with E-state index in [0.717, 1.165) is 18.4 Å². The Morgan fingerprint density at radius 1 is 1.07 bits per heavy atom. The number of carbonyl (C=O) groups excluding carboxylic acids is 1. The number of hydrogen-bond donors (Lipinski definition) is 4. The Morgan fingerprint density at radius 2 is 1.77 bits per heavy atom. The number of Topliss-reactive ketones (excluding diaryl/α,β-unsaturated/α-hetero) is 1. The molecule has 4 N–H and O–H groups in total. The Kier molecular flexibility index (Phi) is 5.95. The molecule has 2 aromatic rings. The Morgan fingerprint density at radius 3 is 2.43 bits per heavy atom. The number of phenolic OH excluding ortho intramolecular Hbond substituents is 3. The number of ketones is 1. The minimum Gasteiger partial charge on any atom is -0.507 e. The minimum absolute atomic E-state index is 0.0680. The first-order chi connectivity index (χ1) is 14.0. The molecule has 0 bridgehead atoms. The summed E-state index contributed by atoms with van der Waals surface area (Å²) in [6, 6.07) is 3.14. The highest BCUT2D eigenvalue weighted by Crippen LogP contribution is 2.45. The summed E-state index contributed by atoms with van der Waals surface area (Å²) in [5.74, 6) is -0.930. The molecule has 1 aliphatic carbocycles. The van der Waals surface area contributed by atoms with E-state index >= 15 is 0 Å².